The molecule has 0 saturated carbocycles. The van der Waals surface area contributed by atoms with Crippen molar-refractivity contribution in [2.24, 2.45) is 0 Å². The first-order valence-electron chi connectivity index (χ1n) is 4.29. The minimum Gasteiger partial charge on any atom is -0.376 e. The summed E-state index contributed by atoms with van der Waals surface area (Å²) in [6, 6.07) is 0. The largest absolute Gasteiger partial charge is 0.514 e. The molecule has 0 aliphatic rings. The van der Waals surface area contributed by atoms with Gasteiger partial charge in [0, 0.05) is 26.9 Å². The highest BCUT2D eigenvalue weighted by atomic mass is 28.4. The molecular formula is C8H21NO3Si. The van der Waals surface area contributed by atoms with Gasteiger partial charge in [-0.2, -0.15) is 0 Å². The first-order chi connectivity index (χ1) is 5.89. The van der Waals surface area contributed by atoms with Crippen LogP contribution >= 0.6 is 0 Å². The van der Waals surface area contributed by atoms with E-state index in [1.54, 1.807) is 21.3 Å². The number of rotatable bonds is 5. The molecule has 13 heavy (non-hydrogen) atoms. The molecule has 0 spiro atoms. The van der Waals surface area contributed by atoms with Crippen molar-refractivity contribution in [1.29, 1.82) is 0 Å². The van der Waals surface area contributed by atoms with Crippen LogP contribution < -0.4 is 5.32 Å². The van der Waals surface area contributed by atoms with E-state index in [-0.39, 0.29) is 5.54 Å². The third-order valence-corrected chi connectivity index (χ3v) is 4.24. The van der Waals surface area contributed by atoms with Gasteiger partial charge in [0.2, 0.25) is 0 Å². The van der Waals surface area contributed by atoms with Crippen LogP contribution in [0.2, 0.25) is 0 Å². The normalized spacial score (nSPS) is 13.4. The molecule has 0 aromatic rings. The zero-order valence-corrected chi connectivity index (χ0v) is 10.4. The molecule has 0 aliphatic carbocycles. The third kappa shape index (κ3) is 4.73. The van der Waals surface area contributed by atoms with Crippen LogP contribution in [-0.4, -0.2) is 41.8 Å². The number of hydrogen-bond donors (Lipinski definition) is 1. The Labute approximate surface area is 81.9 Å². The fourth-order valence-electron chi connectivity index (χ4n) is 0.840. The highest BCUT2D eigenvalue weighted by Gasteiger charge is 2.38. The van der Waals surface area contributed by atoms with Gasteiger partial charge in [-0.05, 0) is 20.8 Å². The first kappa shape index (κ1) is 13.1. The van der Waals surface area contributed by atoms with Gasteiger partial charge in [0.05, 0.1) is 6.17 Å². The van der Waals surface area contributed by atoms with E-state index in [1.807, 2.05) is 0 Å². The average molecular weight is 207 g/mol. The number of hydrogen-bond acceptors (Lipinski definition) is 4. The van der Waals surface area contributed by atoms with Crippen molar-refractivity contribution in [3.05, 3.63) is 0 Å². The van der Waals surface area contributed by atoms with Crippen molar-refractivity contribution in [3.8, 4) is 0 Å². The highest BCUT2D eigenvalue weighted by molar-refractivity contribution is 6.60. The van der Waals surface area contributed by atoms with E-state index in [0.717, 1.165) is 0 Å². The molecule has 0 amide bonds. The molecule has 0 aromatic carbocycles. The lowest BCUT2D eigenvalue weighted by atomic mass is 10.1. The number of nitrogens with one attached hydrogen (secondary N) is 1. The molecule has 4 nitrogen and oxygen atoms in total. The van der Waals surface area contributed by atoms with Crippen molar-refractivity contribution >= 4 is 8.80 Å². The standard InChI is InChI=1S/C8H21NO3Si/c1-8(2,3)9-7-13(10-4,11-5)12-6/h9H,7H2,1-6H3. The molecule has 0 aliphatic heterocycles. The van der Waals surface area contributed by atoms with E-state index in [2.05, 4.69) is 26.1 Å². The van der Waals surface area contributed by atoms with Crippen molar-refractivity contribution in [1.82, 2.24) is 5.32 Å². The van der Waals surface area contributed by atoms with Gasteiger partial charge >= 0.3 is 8.80 Å². The summed E-state index contributed by atoms with van der Waals surface area (Å²) in [4.78, 5) is 0. The predicted molar refractivity (Wildman–Crippen MR) is 54.5 cm³/mol. The Morgan fingerprint density at radius 2 is 1.38 bits per heavy atom. The second kappa shape index (κ2) is 5.07. The summed E-state index contributed by atoms with van der Waals surface area (Å²) < 4.78 is 15.8. The molecule has 1 N–H and O–H groups in total. The van der Waals surface area contributed by atoms with Gasteiger partial charge in [-0.25, -0.2) is 0 Å². The zero-order chi connectivity index (χ0) is 10.5. The minimum absolute atomic E-state index is 0.0494. The lowest BCUT2D eigenvalue weighted by molar-refractivity contribution is 0.119. The van der Waals surface area contributed by atoms with Gasteiger partial charge in [0.15, 0.2) is 0 Å². The van der Waals surface area contributed by atoms with Crippen LogP contribution in [0, 0.1) is 0 Å². The predicted octanol–water partition coefficient (Wildman–Crippen LogP) is 0.792. The van der Waals surface area contributed by atoms with Gasteiger partial charge in [0.25, 0.3) is 0 Å². The lowest BCUT2D eigenvalue weighted by Gasteiger charge is -2.29. The van der Waals surface area contributed by atoms with E-state index < -0.39 is 8.80 Å². The maximum absolute atomic E-state index is 5.26. The van der Waals surface area contributed by atoms with Crippen molar-refractivity contribution in [3.63, 3.8) is 0 Å². The van der Waals surface area contributed by atoms with Crippen LogP contribution in [0.3, 0.4) is 0 Å². The quantitative estimate of drug-likeness (QED) is 0.677. The van der Waals surface area contributed by atoms with Crippen molar-refractivity contribution in [2.45, 2.75) is 26.3 Å². The van der Waals surface area contributed by atoms with Crippen LogP contribution in [0.15, 0.2) is 0 Å². The fraction of sp³-hybridized carbons (Fsp3) is 1.00. The van der Waals surface area contributed by atoms with Crippen LogP contribution in [0.4, 0.5) is 0 Å². The Balaban J connectivity index is 4.11. The molecule has 0 saturated heterocycles. The summed E-state index contributed by atoms with van der Waals surface area (Å²) in [5.41, 5.74) is 0.0494. The highest BCUT2D eigenvalue weighted by Crippen LogP contribution is 2.07. The molecule has 0 radical (unpaired) electrons. The Kier molecular flexibility index (Phi) is 5.09. The van der Waals surface area contributed by atoms with Gasteiger partial charge in [-0.15, -0.1) is 0 Å². The second-order valence-corrected chi connectivity index (χ2v) is 6.84. The first-order valence-corrected chi connectivity index (χ1v) is 6.23. The third-order valence-electron chi connectivity index (χ3n) is 1.77. The molecule has 5 heteroatoms. The molecule has 0 rings (SSSR count). The van der Waals surface area contributed by atoms with E-state index >= 15 is 0 Å². The Hall–Kier alpha value is 0.0569. The Bertz CT molecular complexity index is 135. The molecular weight excluding hydrogens is 186 g/mol. The van der Waals surface area contributed by atoms with Gasteiger partial charge in [-0.1, -0.05) is 0 Å². The zero-order valence-electron chi connectivity index (χ0n) is 9.43. The lowest BCUT2D eigenvalue weighted by Crippen LogP contribution is -2.55. The monoisotopic (exact) mass is 207 g/mol. The fourth-order valence-corrected chi connectivity index (χ4v) is 2.52. The van der Waals surface area contributed by atoms with Crippen molar-refractivity contribution in [2.75, 3.05) is 27.5 Å². The topological polar surface area (TPSA) is 39.7 Å². The summed E-state index contributed by atoms with van der Waals surface area (Å²) in [5, 5.41) is 3.30. The molecule has 0 bridgehead atoms. The summed E-state index contributed by atoms with van der Waals surface area (Å²) in [5.74, 6) is 0. The molecule has 0 unspecified atom stereocenters. The van der Waals surface area contributed by atoms with Gasteiger partial charge in [0.1, 0.15) is 0 Å². The minimum atomic E-state index is -2.44. The molecule has 0 heterocycles. The van der Waals surface area contributed by atoms with E-state index in [4.69, 9.17) is 13.3 Å². The average Bonchev–Trinajstić information content (AvgIpc) is 2.06. The second-order valence-electron chi connectivity index (χ2n) is 3.90. The maximum Gasteiger partial charge on any atom is 0.514 e. The smallest absolute Gasteiger partial charge is 0.376 e. The maximum atomic E-state index is 5.26. The van der Waals surface area contributed by atoms with E-state index in [0.29, 0.717) is 6.17 Å². The van der Waals surface area contributed by atoms with E-state index in [1.165, 1.54) is 0 Å². The summed E-state index contributed by atoms with van der Waals surface area (Å²) in [7, 11) is 2.41. The summed E-state index contributed by atoms with van der Waals surface area (Å²) >= 11 is 0. The SMILES string of the molecule is CO[Si](CNC(C)(C)C)(OC)OC. The molecule has 80 valence electrons. The molecule has 0 fully saturated rings. The van der Waals surface area contributed by atoms with Gasteiger partial charge < -0.3 is 18.6 Å². The molecule has 0 aromatic heterocycles. The summed E-state index contributed by atoms with van der Waals surface area (Å²) in [6.45, 7) is 6.27. The van der Waals surface area contributed by atoms with Crippen LogP contribution in [0.1, 0.15) is 20.8 Å². The van der Waals surface area contributed by atoms with Crippen LogP contribution in [0.25, 0.3) is 0 Å². The Morgan fingerprint density at radius 1 is 1.00 bits per heavy atom. The van der Waals surface area contributed by atoms with Crippen LogP contribution in [0.5, 0.6) is 0 Å². The Morgan fingerprint density at radius 3 is 1.62 bits per heavy atom. The van der Waals surface area contributed by atoms with Gasteiger partial charge in [-0.3, -0.25) is 0 Å². The van der Waals surface area contributed by atoms with Crippen molar-refractivity contribution < 1.29 is 13.3 Å². The molecule has 0 atom stereocenters. The van der Waals surface area contributed by atoms with E-state index in [9.17, 15) is 0 Å². The summed E-state index contributed by atoms with van der Waals surface area (Å²) in [6.07, 6.45) is 0.625. The van der Waals surface area contributed by atoms with Crippen LogP contribution in [-0.2, 0) is 13.3 Å².